The largest absolute Gasteiger partial charge is 0.324 e. The maximum absolute atomic E-state index is 6.25. The van der Waals surface area contributed by atoms with Gasteiger partial charge in [-0.25, -0.2) is 0 Å². The van der Waals surface area contributed by atoms with Crippen LogP contribution >= 0.6 is 54.8 Å². The summed E-state index contributed by atoms with van der Waals surface area (Å²) in [5.74, 6) is 0. The van der Waals surface area contributed by atoms with E-state index in [0.29, 0.717) is 11.6 Å². The molecule has 0 aliphatic rings. The highest BCUT2D eigenvalue weighted by Gasteiger charge is 2.19. The monoisotopic (exact) mass is 411 g/mol. The average Bonchev–Trinajstić information content (AvgIpc) is 2.73. The Hall–Kier alpha value is 0.120. The zero-order valence-electron chi connectivity index (χ0n) is 9.88. The van der Waals surface area contributed by atoms with Crippen molar-refractivity contribution in [2.24, 2.45) is 12.8 Å². The fraction of sp³-hybridized carbons (Fsp3) is 0.364. The molecule has 0 aliphatic carbocycles. The number of nitrogens with zero attached hydrogens (tertiary/aromatic N) is 2. The molecule has 0 aliphatic heterocycles. The lowest BCUT2D eigenvalue weighted by molar-refractivity contribution is 0.718. The Kier molecular flexibility index (Phi) is 4.54. The average molecular weight is 414 g/mol. The van der Waals surface area contributed by atoms with Crippen molar-refractivity contribution in [3.8, 4) is 0 Å². The van der Waals surface area contributed by atoms with Crippen molar-refractivity contribution >= 4 is 54.8 Å². The van der Waals surface area contributed by atoms with Gasteiger partial charge >= 0.3 is 0 Å². The number of thiophene rings is 1. The zero-order chi connectivity index (χ0) is 13.4. The third-order valence-corrected chi connectivity index (χ3v) is 5.63. The Morgan fingerprint density at radius 1 is 1.56 bits per heavy atom. The predicted octanol–water partition coefficient (Wildman–Crippen LogP) is 4.21. The van der Waals surface area contributed by atoms with Gasteiger partial charge in [-0.1, -0.05) is 11.6 Å². The molecule has 0 spiro atoms. The van der Waals surface area contributed by atoms with Gasteiger partial charge in [0.1, 0.15) is 5.15 Å². The Labute approximate surface area is 132 Å². The van der Waals surface area contributed by atoms with Crippen LogP contribution in [-0.2, 0) is 13.5 Å². The van der Waals surface area contributed by atoms with Crippen molar-refractivity contribution in [1.82, 2.24) is 9.78 Å². The summed E-state index contributed by atoms with van der Waals surface area (Å²) in [5, 5.41) is 4.96. The van der Waals surface area contributed by atoms with Crippen LogP contribution in [0.25, 0.3) is 0 Å². The van der Waals surface area contributed by atoms with Crippen molar-refractivity contribution in [2.75, 3.05) is 0 Å². The number of aryl methyl sites for hydroxylation is 2. The summed E-state index contributed by atoms with van der Waals surface area (Å²) in [4.78, 5) is 0. The van der Waals surface area contributed by atoms with Gasteiger partial charge in [0.25, 0.3) is 0 Å². The Bertz CT molecular complexity index is 579. The Balaban J connectivity index is 2.26. The molecular weight excluding hydrogens is 401 g/mol. The van der Waals surface area contributed by atoms with Crippen molar-refractivity contribution in [3.05, 3.63) is 35.6 Å². The van der Waals surface area contributed by atoms with Gasteiger partial charge in [-0.05, 0) is 56.8 Å². The first-order chi connectivity index (χ1) is 8.40. The van der Waals surface area contributed by atoms with Gasteiger partial charge in [0.15, 0.2) is 0 Å². The van der Waals surface area contributed by atoms with Gasteiger partial charge in [-0.3, -0.25) is 4.68 Å². The summed E-state index contributed by atoms with van der Waals surface area (Å²) >= 11 is 14.8. The quantitative estimate of drug-likeness (QED) is 0.819. The predicted molar refractivity (Wildman–Crippen MR) is 83.3 cm³/mol. The maximum atomic E-state index is 6.25. The molecule has 0 aromatic carbocycles. The molecule has 7 heteroatoms. The van der Waals surface area contributed by atoms with Gasteiger partial charge in [-0.2, -0.15) is 5.10 Å². The lowest BCUT2D eigenvalue weighted by atomic mass is 10.0. The van der Waals surface area contributed by atoms with E-state index in [9.17, 15) is 0 Å². The van der Waals surface area contributed by atoms with Gasteiger partial charge in [0, 0.05) is 18.7 Å². The van der Waals surface area contributed by atoms with E-state index in [1.54, 1.807) is 16.0 Å². The molecule has 2 heterocycles. The van der Waals surface area contributed by atoms with Gasteiger partial charge in [-0.15, -0.1) is 11.3 Å². The Morgan fingerprint density at radius 2 is 2.22 bits per heavy atom. The summed E-state index contributed by atoms with van der Waals surface area (Å²) in [6.45, 7) is 1.95. The molecule has 0 saturated heterocycles. The van der Waals surface area contributed by atoms with Crippen LogP contribution in [-0.4, -0.2) is 9.78 Å². The van der Waals surface area contributed by atoms with E-state index in [1.807, 2.05) is 20.0 Å². The summed E-state index contributed by atoms with van der Waals surface area (Å²) < 4.78 is 3.80. The number of nitrogens with two attached hydrogens (primary N) is 1. The first kappa shape index (κ1) is 14.5. The molecule has 2 aromatic heterocycles. The number of rotatable bonds is 3. The second-order valence-corrected chi connectivity index (χ2v) is 8.18. The molecule has 3 nitrogen and oxygen atoms in total. The first-order valence-electron chi connectivity index (χ1n) is 5.28. The fourth-order valence-electron chi connectivity index (χ4n) is 1.84. The SMILES string of the molecule is Cc1nn(C)c(Cl)c1CC(N)c1cc(Br)sc1Br. The smallest absolute Gasteiger partial charge is 0.130 e. The van der Waals surface area contributed by atoms with Crippen LogP contribution in [0, 0.1) is 6.92 Å². The normalized spacial score (nSPS) is 13.0. The maximum Gasteiger partial charge on any atom is 0.130 e. The van der Waals surface area contributed by atoms with E-state index in [0.717, 1.165) is 24.4 Å². The van der Waals surface area contributed by atoms with Crippen LogP contribution in [0.15, 0.2) is 13.6 Å². The molecule has 1 unspecified atom stereocenters. The van der Waals surface area contributed by atoms with E-state index >= 15 is 0 Å². The van der Waals surface area contributed by atoms with Crippen LogP contribution in [0.4, 0.5) is 0 Å². The molecule has 0 radical (unpaired) electrons. The van der Waals surface area contributed by atoms with E-state index < -0.39 is 0 Å². The molecular formula is C11H12Br2ClN3S. The molecule has 18 heavy (non-hydrogen) atoms. The molecule has 2 rings (SSSR count). The summed E-state index contributed by atoms with van der Waals surface area (Å²) in [6, 6.07) is 1.95. The van der Waals surface area contributed by atoms with E-state index in [-0.39, 0.29) is 6.04 Å². The highest BCUT2D eigenvalue weighted by atomic mass is 79.9. The topological polar surface area (TPSA) is 43.8 Å². The fourth-order valence-corrected chi connectivity index (χ4v) is 5.09. The number of hydrogen-bond donors (Lipinski definition) is 1. The summed E-state index contributed by atoms with van der Waals surface area (Å²) in [6.07, 6.45) is 0.681. The van der Waals surface area contributed by atoms with Crippen molar-refractivity contribution in [2.45, 2.75) is 19.4 Å². The standard InChI is InChI=1S/C11H12Br2ClN3S/c1-5-6(11(14)17(2)16-5)3-8(15)7-4-9(12)18-10(7)13/h4,8H,3,15H2,1-2H3. The molecule has 2 aromatic rings. The van der Waals surface area contributed by atoms with Crippen LogP contribution in [0.1, 0.15) is 22.9 Å². The van der Waals surface area contributed by atoms with Crippen molar-refractivity contribution < 1.29 is 0 Å². The highest BCUT2D eigenvalue weighted by molar-refractivity contribution is 9.12. The Morgan fingerprint density at radius 3 is 2.67 bits per heavy atom. The van der Waals surface area contributed by atoms with E-state index in [2.05, 4.69) is 37.0 Å². The molecule has 0 amide bonds. The van der Waals surface area contributed by atoms with E-state index in [1.165, 1.54) is 0 Å². The number of aromatic nitrogens is 2. The summed E-state index contributed by atoms with van der Waals surface area (Å²) in [7, 11) is 1.83. The van der Waals surface area contributed by atoms with Crippen LogP contribution in [0.3, 0.4) is 0 Å². The lowest BCUT2D eigenvalue weighted by Gasteiger charge is -2.10. The van der Waals surface area contributed by atoms with Crippen LogP contribution < -0.4 is 5.73 Å². The molecule has 0 bridgehead atoms. The minimum atomic E-state index is -0.0951. The minimum Gasteiger partial charge on any atom is -0.324 e. The molecule has 0 fully saturated rings. The van der Waals surface area contributed by atoms with Gasteiger partial charge < -0.3 is 5.73 Å². The van der Waals surface area contributed by atoms with Gasteiger partial charge in [0.2, 0.25) is 0 Å². The molecule has 0 saturated carbocycles. The minimum absolute atomic E-state index is 0.0951. The second-order valence-electron chi connectivity index (χ2n) is 4.07. The highest BCUT2D eigenvalue weighted by Crippen LogP contribution is 2.36. The third kappa shape index (κ3) is 2.82. The zero-order valence-corrected chi connectivity index (χ0v) is 14.6. The number of hydrogen-bond acceptors (Lipinski definition) is 3. The van der Waals surface area contributed by atoms with Gasteiger partial charge in [0.05, 0.1) is 13.3 Å². The molecule has 2 N–H and O–H groups in total. The van der Waals surface area contributed by atoms with Crippen molar-refractivity contribution in [1.29, 1.82) is 0 Å². The van der Waals surface area contributed by atoms with Crippen LogP contribution in [0.5, 0.6) is 0 Å². The summed E-state index contributed by atoms with van der Waals surface area (Å²) in [5.41, 5.74) is 9.29. The first-order valence-corrected chi connectivity index (χ1v) is 8.06. The number of halogens is 3. The third-order valence-electron chi connectivity index (χ3n) is 2.78. The second kappa shape index (κ2) is 5.63. The van der Waals surface area contributed by atoms with E-state index in [4.69, 9.17) is 17.3 Å². The van der Waals surface area contributed by atoms with Crippen LogP contribution in [0.2, 0.25) is 5.15 Å². The molecule has 1 atom stereocenters. The molecule has 98 valence electrons. The lowest BCUT2D eigenvalue weighted by Crippen LogP contribution is -2.13. The van der Waals surface area contributed by atoms with Crippen molar-refractivity contribution in [3.63, 3.8) is 0 Å².